The van der Waals surface area contributed by atoms with Gasteiger partial charge in [0.25, 0.3) is 5.91 Å². The molecule has 0 fully saturated rings. The standard InChI is InChI=1S/C16H17NO3/c1-11-5-4-6-12(9-11)17(2)16(19)14-8-7-13(20-3)10-15(14)18/h4-10,18H,1-3H3. The number of hydrogen-bond acceptors (Lipinski definition) is 3. The smallest absolute Gasteiger partial charge is 0.261 e. The summed E-state index contributed by atoms with van der Waals surface area (Å²) < 4.78 is 5.01. The van der Waals surface area contributed by atoms with E-state index in [1.54, 1.807) is 19.2 Å². The molecular formula is C16H17NO3. The topological polar surface area (TPSA) is 49.8 Å². The van der Waals surface area contributed by atoms with Gasteiger partial charge in [-0.05, 0) is 36.8 Å². The number of ether oxygens (including phenoxy) is 1. The third kappa shape index (κ3) is 2.74. The molecule has 4 heteroatoms. The van der Waals surface area contributed by atoms with Gasteiger partial charge in [0.2, 0.25) is 0 Å². The first-order chi connectivity index (χ1) is 9.52. The number of hydrogen-bond donors (Lipinski definition) is 1. The first kappa shape index (κ1) is 13.9. The molecule has 0 aromatic heterocycles. The second-order valence-electron chi connectivity index (χ2n) is 4.59. The number of aryl methyl sites for hydroxylation is 1. The van der Waals surface area contributed by atoms with Crippen LogP contribution < -0.4 is 9.64 Å². The Kier molecular flexibility index (Phi) is 3.94. The van der Waals surface area contributed by atoms with E-state index in [2.05, 4.69) is 0 Å². The van der Waals surface area contributed by atoms with Crippen molar-refractivity contribution in [1.29, 1.82) is 0 Å². The maximum atomic E-state index is 12.4. The number of anilines is 1. The van der Waals surface area contributed by atoms with Crippen molar-refractivity contribution in [2.45, 2.75) is 6.92 Å². The van der Waals surface area contributed by atoms with E-state index in [0.717, 1.165) is 11.3 Å². The third-order valence-corrected chi connectivity index (χ3v) is 3.13. The Labute approximate surface area is 118 Å². The Morgan fingerprint density at radius 1 is 1.20 bits per heavy atom. The number of aromatic hydroxyl groups is 1. The average molecular weight is 271 g/mol. The van der Waals surface area contributed by atoms with E-state index < -0.39 is 0 Å². The fourth-order valence-electron chi connectivity index (χ4n) is 1.95. The fourth-order valence-corrected chi connectivity index (χ4v) is 1.95. The van der Waals surface area contributed by atoms with Gasteiger partial charge in [-0.15, -0.1) is 0 Å². The monoisotopic (exact) mass is 271 g/mol. The van der Waals surface area contributed by atoms with Gasteiger partial charge in [0.15, 0.2) is 0 Å². The minimum Gasteiger partial charge on any atom is -0.507 e. The molecule has 4 nitrogen and oxygen atoms in total. The van der Waals surface area contributed by atoms with Gasteiger partial charge < -0.3 is 14.7 Å². The summed E-state index contributed by atoms with van der Waals surface area (Å²) in [7, 11) is 3.19. The summed E-state index contributed by atoms with van der Waals surface area (Å²) >= 11 is 0. The van der Waals surface area contributed by atoms with Crippen LogP contribution in [0.15, 0.2) is 42.5 Å². The number of benzene rings is 2. The molecule has 2 aromatic rings. The summed E-state index contributed by atoms with van der Waals surface area (Å²) in [4.78, 5) is 13.9. The van der Waals surface area contributed by atoms with Crippen LogP contribution in [0.1, 0.15) is 15.9 Å². The molecule has 0 saturated carbocycles. The molecule has 1 amide bonds. The van der Waals surface area contributed by atoms with E-state index in [-0.39, 0.29) is 17.2 Å². The fraction of sp³-hybridized carbons (Fsp3) is 0.188. The number of carbonyl (C=O) groups is 1. The number of carbonyl (C=O) groups excluding carboxylic acids is 1. The van der Waals surface area contributed by atoms with Gasteiger partial charge in [0.1, 0.15) is 11.5 Å². The summed E-state index contributed by atoms with van der Waals surface area (Å²) in [6.45, 7) is 1.96. The highest BCUT2D eigenvalue weighted by atomic mass is 16.5. The Hall–Kier alpha value is -2.49. The summed E-state index contributed by atoms with van der Waals surface area (Å²) in [5.74, 6) is 0.155. The summed E-state index contributed by atoms with van der Waals surface area (Å²) in [5, 5.41) is 9.92. The molecule has 0 bridgehead atoms. The highest BCUT2D eigenvalue weighted by Crippen LogP contribution is 2.26. The van der Waals surface area contributed by atoms with Crippen LogP contribution in [0.4, 0.5) is 5.69 Å². The van der Waals surface area contributed by atoms with Crippen molar-refractivity contribution in [1.82, 2.24) is 0 Å². The Morgan fingerprint density at radius 3 is 2.55 bits per heavy atom. The van der Waals surface area contributed by atoms with Crippen molar-refractivity contribution in [3.63, 3.8) is 0 Å². The molecule has 0 heterocycles. The quantitative estimate of drug-likeness (QED) is 0.933. The van der Waals surface area contributed by atoms with E-state index in [1.165, 1.54) is 18.1 Å². The minimum absolute atomic E-state index is 0.0890. The van der Waals surface area contributed by atoms with Gasteiger partial charge >= 0.3 is 0 Å². The maximum Gasteiger partial charge on any atom is 0.261 e. The number of phenolic OH excluding ortho intramolecular Hbond substituents is 1. The van der Waals surface area contributed by atoms with Crippen molar-refractivity contribution < 1.29 is 14.6 Å². The van der Waals surface area contributed by atoms with Gasteiger partial charge in [-0.2, -0.15) is 0 Å². The van der Waals surface area contributed by atoms with Crippen molar-refractivity contribution in [3.8, 4) is 11.5 Å². The molecule has 0 aliphatic rings. The lowest BCUT2D eigenvalue weighted by Gasteiger charge is -2.18. The van der Waals surface area contributed by atoms with Crippen LogP contribution in [0.2, 0.25) is 0 Å². The zero-order valence-electron chi connectivity index (χ0n) is 11.8. The van der Waals surface area contributed by atoms with E-state index in [1.807, 2.05) is 31.2 Å². The molecule has 1 N–H and O–H groups in total. The van der Waals surface area contributed by atoms with Crippen molar-refractivity contribution in [2.75, 3.05) is 19.1 Å². The third-order valence-electron chi connectivity index (χ3n) is 3.13. The lowest BCUT2D eigenvalue weighted by atomic mass is 10.1. The predicted molar refractivity (Wildman–Crippen MR) is 78.6 cm³/mol. The van der Waals surface area contributed by atoms with Crippen LogP contribution in [-0.4, -0.2) is 25.2 Å². The molecule has 20 heavy (non-hydrogen) atoms. The van der Waals surface area contributed by atoms with Crippen LogP contribution in [-0.2, 0) is 0 Å². The first-order valence-corrected chi connectivity index (χ1v) is 6.24. The molecule has 0 atom stereocenters. The normalized spacial score (nSPS) is 10.2. The number of nitrogens with zero attached hydrogens (tertiary/aromatic N) is 1. The highest BCUT2D eigenvalue weighted by molar-refractivity contribution is 6.07. The first-order valence-electron chi connectivity index (χ1n) is 6.24. The van der Waals surface area contributed by atoms with Crippen molar-refractivity contribution >= 4 is 11.6 Å². The second kappa shape index (κ2) is 5.65. The van der Waals surface area contributed by atoms with E-state index in [9.17, 15) is 9.90 Å². The SMILES string of the molecule is COc1ccc(C(=O)N(C)c2cccc(C)c2)c(O)c1. The predicted octanol–water partition coefficient (Wildman–Crippen LogP) is 2.99. The maximum absolute atomic E-state index is 12.4. The Bertz CT molecular complexity index is 637. The molecule has 0 unspecified atom stereocenters. The summed E-state index contributed by atoms with van der Waals surface area (Å²) in [6, 6.07) is 12.3. The average Bonchev–Trinajstić information content (AvgIpc) is 2.45. The zero-order chi connectivity index (χ0) is 14.7. The van der Waals surface area contributed by atoms with Gasteiger partial charge in [0, 0.05) is 18.8 Å². The minimum atomic E-state index is -0.268. The van der Waals surface area contributed by atoms with E-state index in [0.29, 0.717) is 5.75 Å². The Balaban J connectivity index is 2.31. The lowest BCUT2D eigenvalue weighted by Crippen LogP contribution is -2.26. The molecule has 0 aliphatic heterocycles. The van der Waals surface area contributed by atoms with Crippen LogP contribution in [0.5, 0.6) is 11.5 Å². The summed E-state index contributed by atoms with van der Waals surface area (Å²) in [5.41, 5.74) is 2.10. The highest BCUT2D eigenvalue weighted by Gasteiger charge is 2.17. The zero-order valence-corrected chi connectivity index (χ0v) is 11.8. The largest absolute Gasteiger partial charge is 0.507 e. The van der Waals surface area contributed by atoms with Gasteiger partial charge in [0.05, 0.1) is 12.7 Å². The van der Waals surface area contributed by atoms with Crippen molar-refractivity contribution in [2.24, 2.45) is 0 Å². The van der Waals surface area contributed by atoms with Crippen LogP contribution in [0.25, 0.3) is 0 Å². The molecular weight excluding hydrogens is 254 g/mol. The van der Waals surface area contributed by atoms with Crippen LogP contribution >= 0.6 is 0 Å². The van der Waals surface area contributed by atoms with Gasteiger partial charge in [-0.25, -0.2) is 0 Å². The van der Waals surface area contributed by atoms with Gasteiger partial charge in [-0.3, -0.25) is 4.79 Å². The molecule has 0 aliphatic carbocycles. The number of methoxy groups -OCH3 is 1. The molecule has 0 saturated heterocycles. The Morgan fingerprint density at radius 2 is 1.95 bits per heavy atom. The van der Waals surface area contributed by atoms with Crippen molar-refractivity contribution in [3.05, 3.63) is 53.6 Å². The summed E-state index contributed by atoms with van der Waals surface area (Å²) in [6.07, 6.45) is 0. The van der Waals surface area contributed by atoms with Gasteiger partial charge in [-0.1, -0.05) is 12.1 Å². The molecule has 2 rings (SSSR count). The molecule has 2 aromatic carbocycles. The van der Waals surface area contributed by atoms with E-state index >= 15 is 0 Å². The number of phenols is 1. The number of rotatable bonds is 3. The molecule has 0 radical (unpaired) electrons. The molecule has 104 valence electrons. The van der Waals surface area contributed by atoms with E-state index in [4.69, 9.17) is 4.74 Å². The second-order valence-corrected chi connectivity index (χ2v) is 4.59. The molecule has 0 spiro atoms. The van der Waals surface area contributed by atoms with Crippen LogP contribution in [0.3, 0.4) is 0 Å². The lowest BCUT2D eigenvalue weighted by molar-refractivity contribution is 0.0990. The van der Waals surface area contributed by atoms with Crippen LogP contribution in [0, 0.1) is 6.92 Å². The number of amides is 1.